The average molecular weight is 157 g/mol. The van der Waals surface area contributed by atoms with Crippen molar-refractivity contribution in [3.8, 4) is 0 Å². The SMILES string of the molecule is C[C@H](N)c1ccn(CCF)n1. The Bertz CT molecular complexity index is 219. The minimum atomic E-state index is -0.389. The number of hydrogen-bond acceptors (Lipinski definition) is 2. The minimum Gasteiger partial charge on any atom is -0.323 e. The van der Waals surface area contributed by atoms with Crippen LogP contribution < -0.4 is 5.73 Å². The lowest BCUT2D eigenvalue weighted by molar-refractivity contribution is 0.425. The molecule has 0 saturated heterocycles. The van der Waals surface area contributed by atoms with Crippen molar-refractivity contribution in [2.75, 3.05) is 6.67 Å². The van der Waals surface area contributed by atoms with Gasteiger partial charge in [0.25, 0.3) is 0 Å². The third-order valence-corrected chi connectivity index (χ3v) is 1.44. The van der Waals surface area contributed by atoms with Gasteiger partial charge >= 0.3 is 0 Å². The lowest BCUT2D eigenvalue weighted by atomic mass is 10.3. The summed E-state index contributed by atoms with van der Waals surface area (Å²) >= 11 is 0. The second kappa shape index (κ2) is 3.48. The van der Waals surface area contributed by atoms with Crippen molar-refractivity contribution in [2.24, 2.45) is 5.73 Å². The van der Waals surface area contributed by atoms with Gasteiger partial charge in [0.1, 0.15) is 6.67 Å². The molecule has 0 spiro atoms. The molecular formula is C7H12FN3. The molecule has 0 unspecified atom stereocenters. The molecule has 0 aliphatic heterocycles. The first-order chi connectivity index (χ1) is 5.24. The fourth-order valence-corrected chi connectivity index (χ4v) is 0.831. The monoisotopic (exact) mass is 157 g/mol. The molecule has 0 fully saturated rings. The first-order valence-electron chi connectivity index (χ1n) is 3.59. The second-order valence-corrected chi connectivity index (χ2v) is 2.48. The lowest BCUT2D eigenvalue weighted by Gasteiger charge is -1.98. The van der Waals surface area contributed by atoms with E-state index in [-0.39, 0.29) is 12.7 Å². The van der Waals surface area contributed by atoms with E-state index >= 15 is 0 Å². The number of aryl methyl sites for hydroxylation is 1. The summed E-state index contributed by atoms with van der Waals surface area (Å²) < 4.78 is 13.4. The van der Waals surface area contributed by atoms with Gasteiger partial charge in [-0.2, -0.15) is 5.10 Å². The molecule has 0 saturated carbocycles. The Morgan fingerprint density at radius 1 is 1.82 bits per heavy atom. The maximum atomic E-state index is 11.8. The smallest absolute Gasteiger partial charge is 0.109 e. The van der Waals surface area contributed by atoms with Gasteiger partial charge in [-0.1, -0.05) is 0 Å². The normalized spacial score (nSPS) is 13.4. The molecule has 11 heavy (non-hydrogen) atoms. The van der Waals surface area contributed by atoms with E-state index in [2.05, 4.69) is 5.10 Å². The molecule has 1 aromatic heterocycles. The fourth-order valence-electron chi connectivity index (χ4n) is 0.831. The van der Waals surface area contributed by atoms with Gasteiger partial charge in [-0.3, -0.25) is 4.68 Å². The van der Waals surface area contributed by atoms with Crippen molar-refractivity contribution in [1.82, 2.24) is 9.78 Å². The molecule has 0 aliphatic rings. The van der Waals surface area contributed by atoms with Crippen LogP contribution in [0.15, 0.2) is 12.3 Å². The molecule has 0 aromatic carbocycles. The van der Waals surface area contributed by atoms with Crippen molar-refractivity contribution in [3.05, 3.63) is 18.0 Å². The molecule has 4 heteroatoms. The predicted octanol–water partition coefficient (Wildman–Crippen LogP) is 0.872. The van der Waals surface area contributed by atoms with E-state index in [1.807, 2.05) is 6.92 Å². The molecule has 1 atom stereocenters. The summed E-state index contributed by atoms with van der Waals surface area (Å²) in [5.74, 6) is 0. The molecular weight excluding hydrogens is 145 g/mol. The van der Waals surface area contributed by atoms with Crippen LogP contribution >= 0.6 is 0 Å². The summed E-state index contributed by atoms with van der Waals surface area (Å²) in [6, 6.07) is 1.73. The average Bonchev–Trinajstić information content (AvgIpc) is 2.37. The highest BCUT2D eigenvalue weighted by atomic mass is 19.1. The summed E-state index contributed by atoms with van der Waals surface area (Å²) in [7, 11) is 0. The Kier molecular flexibility index (Phi) is 2.59. The lowest BCUT2D eigenvalue weighted by Crippen LogP contribution is -2.07. The Morgan fingerprint density at radius 3 is 3.00 bits per heavy atom. The molecule has 3 nitrogen and oxygen atoms in total. The van der Waals surface area contributed by atoms with Gasteiger partial charge in [0.2, 0.25) is 0 Å². The largest absolute Gasteiger partial charge is 0.323 e. The van der Waals surface area contributed by atoms with Gasteiger partial charge in [0, 0.05) is 12.2 Å². The molecule has 0 bridgehead atoms. The minimum absolute atomic E-state index is 0.0733. The van der Waals surface area contributed by atoms with Crippen LogP contribution in [0.4, 0.5) is 4.39 Å². The van der Waals surface area contributed by atoms with E-state index in [4.69, 9.17) is 5.73 Å². The Hall–Kier alpha value is -0.900. The van der Waals surface area contributed by atoms with Crippen molar-refractivity contribution in [3.63, 3.8) is 0 Å². The number of hydrogen-bond donors (Lipinski definition) is 1. The highest BCUT2D eigenvalue weighted by molar-refractivity contribution is 5.02. The van der Waals surface area contributed by atoms with Gasteiger partial charge in [-0.15, -0.1) is 0 Å². The van der Waals surface area contributed by atoms with Gasteiger partial charge in [0.15, 0.2) is 0 Å². The van der Waals surface area contributed by atoms with E-state index < -0.39 is 0 Å². The topological polar surface area (TPSA) is 43.8 Å². The van der Waals surface area contributed by atoms with E-state index in [1.165, 1.54) is 0 Å². The second-order valence-electron chi connectivity index (χ2n) is 2.48. The quantitative estimate of drug-likeness (QED) is 0.707. The van der Waals surface area contributed by atoms with Gasteiger partial charge < -0.3 is 5.73 Å². The zero-order chi connectivity index (χ0) is 8.27. The van der Waals surface area contributed by atoms with Crippen molar-refractivity contribution >= 4 is 0 Å². The van der Waals surface area contributed by atoms with E-state index in [0.29, 0.717) is 6.54 Å². The summed E-state index contributed by atoms with van der Waals surface area (Å²) in [5.41, 5.74) is 6.36. The number of rotatable bonds is 3. The fraction of sp³-hybridized carbons (Fsp3) is 0.571. The summed E-state index contributed by atoms with van der Waals surface area (Å²) in [6.45, 7) is 1.77. The molecule has 2 N–H and O–H groups in total. The number of aromatic nitrogens is 2. The van der Waals surface area contributed by atoms with Crippen molar-refractivity contribution in [1.29, 1.82) is 0 Å². The van der Waals surface area contributed by atoms with E-state index in [9.17, 15) is 4.39 Å². The predicted molar refractivity (Wildman–Crippen MR) is 40.8 cm³/mol. The third-order valence-electron chi connectivity index (χ3n) is 1.44. The standard InChI is InChI=1S/C7H12FN3/c1-6(9)7-2-4-11(10-7)5-3-8/h2,4,6H,3,5,9H2,1H3/t6-/m0/s1. The summed E-state index contributed by atoms with van der Waals surface area (Å²) in [4.78, 5) is 0. The van der Waals surface area contributed by atoms with Crippen LogP contribution in [0.2, 0.25) is 0 Å². The maximum absolute atomic E-state index is 11.8. The summed E-state index contributed by atoms with van der Waals surface area (Å²) in [6.07, 6.45) is 1.73. The molecule has 0 radical (unpaired) electrons. The Labute approximate surface area is 65.0 Å². The van der Waals surface area contributed by atoms with Crippen LogP contribution in [0, 0.1) is 0 Å². The molecule has 0 aliphatic carbocycles. The number of nitrogens with two attached hydrogens (primary N) is 1. The van der Waals surface area contributed by atoms with Crippen LogP contribution in [-0.2, 0) is 6.54 Å². The van der Waals surface area contributed by atoms with Gasteiger partial charge in [-0.25, -0.2) is 4.39 Å². The van der Waals surface area contributed by atoms with Crippen LogP contribution in [0.1, 0.15) is 18.7 Å². The first-order valence-corrected chi connectivity index (χ1v) is 3.59. The highest BCUT2D eigenvalue weighted by Crippen LogP contribution is 2.04. The van der Waals surface area contributed by atoms with Crippen LogP contribution in [-0.4, -0.2) is 16.5 Å². The van der Waals surface area contributed by atoms with Crippen LogP contribution in [0.25, 0.3) is 0 Å². The molecule has 1 rings (SSSR count). The molecule has 62 valence electrons. The zero-order valence-corrected chi connectivity index (χ0v) is 6.50. The number of nitrogens with zero attached hydrogens (tertiary/aromatic N) is 2. The summed E-state index contributed by atoms with van der Waals surface area (Å²) in [5, 5.41) is 4.05. The van der Waals surface area contributed by atoms with E-state index in [1.54, 1.807) is 16.9 Å². The Balaban J connectivity index is 2.66. The van der Waals surface area contributed by atoms with Crippen LogP contribution in [0.5, 0.6) is 0 Å². The molecule has 1 heterocycles. The maximum Gasteiger partial charge on any atom is 0.109 e. The van der Waals surface area contributed by atoms with Gasteiger partial charge in [0.05, 0.1) is 12.2 Å². The number of alkyl halides is 1. The molecule has 0 amide bonds. The van der Waals surface area contributed by atoms with Crippen molar-refractivity contribution < 1.29 is 4.39 Å². The van der Waals surface area contributed by atoms with Crippen molar-refractivity contribution in [2.45, 2.75) is 19.5 Å². The van der Waals surface area contributed by atoms with E-state index in [0.717, 1.165) is 5.69 Å². The molecule has 1 aromatic rings. The van der Waals surface area contributed by atoms with Crippen LogP contribution in [0.3, 0.4) is 0 Å². The Morgan fingerprint density at radius 2 is 2.55 bits per heavy atom. The van der Waals surface area contributed by atoms with Gasteiger partial charge in [-0.05, 0) is 13.0 Å². The highest BCUT2D eigenvalue weighted by Gasteiger charge is 2.02. The first kappa shape index (κ1) is 8.20. The zero-order valence-electron chi connectivity index (χ0n) is 6.50. The number of halogens is 1. The third kappa shape index (κ3) is 2.01.